The molecule has 0 radical (unpaired) electrons. The molecule has 0 saturated heterocycles. The number of para-hydroxylation sites is 1. The van der Waals surface area contributed by atoms with Crippen molar-refractivity contribution in [3.05, 3.63) is 47.3 Å². The van der Waals surface area contributed by atoms with Crippen molar-refractivity contribution in [1.29, 1.82) is 0 Å². The highest BCUT2D eigenvalue weighted by molar-refractivity contribution is 5.40. The number of ether oxygens (including phenoxy) is 1. The van der Waals surface area contributed by atoms with Gasteiger partial charge in [0, 0.05) is 41.9 Å². The van der Waals surface area contributed by atoms with E-state index in [0.29, 0.717) is 18.0 Å². The predicted octanol–water partition coefficient (Wildman–Crippen LogP) is 2.95. The Labute approximate surface area is 131 Å². The van der Waals surface area contributed by atoms with Crippen LogP contribution in [0.5, 0.6) is 5.75 Å². The molecule has 4 nitrogen and oxygen atoms in total. The maximum atomic E-state index is 5.84. The number of aromatic nitrogens is 2. The lowest BCUT2D eigenvalue weighted by atomic mass is 9.89. The minimum Gasteiger partial charge on any atom is -0.493 e. The SMILES string of the molecule is C[C@H](N[C@@H]1CCCc2c1cnn2C)[C@@H]1COc2ccccc21. The van der Waals surface area contributed by atoms with Crippen molar-refractivity contribution in [2.24, 2.45) is 7.05 Å². The smallest absolute Gasteiger partial charge is 0.122 e. The van der Waals surface area contributed by atoms with Crippen LogP contribution in [-0.4, -0.2) is 22.4 Å². The van der Waals surface area contributed by atoms with Gasteiger partial charge in [0.1, 0.15) is 5.75 Å². The summed E-state index contributed by atoms with van der Waals surface area (Å²) >= 11 is 0. The van der Waals surface area contributed by atoms with Gasteiger partial charge < -0.3 is 10.1 Å². The molecule has 4 heteroatoms. The first-order valence-corrected chi connectivity index (χ1v) is 8.22. The Morgan fingerprint density at radius 1 is 1.32 bits per heavy atom. The minimum absolute atomic E-state index is 0.389. The average molecular weight is 297 g/mol. The van der Waals surface area contributed by atoms with Crippen molar-refractivity contribution in [3.63, 3.8) is 0 Å². The number of hydrogen-bond acceptors (Lipinski definition) is 3. The van der Waals surface area contributed by atoms with Gasteiger partial charge >= 0.3 is 0 Å². The number of aryl methyl sites for hydroxylation is 1. The maximum absolute atomic E-state index is 5.84. The zero-order chi connectivity index (χ0) is 15.1. The second kappa shape index (κ2) is 5.43. The number of hydrogen-bond donors (Lipinski definition) is 1. The molecule has 1 aromatic carbocycles. The van der Waals surface area contributed by atoms with E-state index in [9.17, 15) is 0 Å². The van der Waals surface area contributed by atoms with E-state index in [1.165, 1.54) is 29.7 Å². The lowest BCUT2D eigenvalue weighted by molar-refractivity contribution is 0.288. The van der Waals surface area contributed by atoms with Crippen molar-refractivity contribution >= 4 is 0 Å². The topological polar surface area (TPSA) is 39.1 Å². The molecule has 2 heterocycles. The Bertz CT molecular complexity index is 679. The van der Waals surface area contributed by atoms with Crippen LogP contribution in [0.15, 0.2) is 30.5 Å². The Balaban J connectivity index is 1.53. The fourth-order valence-corrected chi connectivity index (χ4v) is 3.91. The van der Waals surface area contributed by atoms with E-state index in [0.717, 1.165) is 18.8 Å². The number of rotatable bonds is 3. The normalized spacial score (nSPS) is 24.5. The summed E-state index contributed by atoms with van der Waals surface area (Å²) in [6.07, 6.45) is 5.61. The van der Waals surface area contributed by atoms with Gasteiger partial charge in [0.05, 0.1) is 12.8 Å². The molecule has 4 rings (SSSR count). The zero-order valence-corrected chi connectivity index (χ0v) is 13.2. The number of nitrogens with zero attached hydrogens (tertiary/aromatic N) is 2. The van der Waals surface area contributed by atoms with Crippen LogP contribution < -0.4 is 10.1 Å². The Morgan fingerprint density at radius 2 is 2.18 bits per heavy atom. The van der Waals surface area contributed by atoms with Crippen molar-refractivity contribution < 1.29 is 4.74 Å². The summed E-state index contributed by atoms with van der Waals surface area (Å²) in [6.45, 7) is 3.06. The largest absolute Gasteiger partial charge is 0.493 e. The van der Waals surface area contributed by atoms with Crippen molar-refractivity contribution in [2.45, 2.75) is 44.2 Å². The molecule has 1 N–H and O–H groups in total. The van der Waals surface area contributed by atoms with Gasteiger partial charge in [-0.3, -0.25) is 4.68 Å². The van der Waals surface area contributed by atoms with Crippen LogP contribution in [0.25, 0.3) is 0 Å². The third-order valence-electron chi connectivity index (χ3n) is 5.18. The first-order chi connectivity index (χ1) is 10.7. The fourth-order valence-electron chi connectivity index (χ4n) is 3.91. The molecule has 0 unspecified atom stereocenters. The van der Waals surface area contributed by atoms with Crippen LogP contribution >= 0.6 is 0 Å². The molecule has 2 aromatic rings. The summed E-state index contributed by atoms with van der Waals surface area (Å²) in [6, 6.07) is 9.22. The van der Waals surface area contributed by atoms with E-state index in [4.69, 9.17) is 4.74 Å². The van der Waals surface area contributed by atoms with E-state index in [-0.39, 0.29) is 0 Å². The molecule has 3 atom stereocenters. The van der Waals surface area contributed by atoms with Gasteiger partial charge in [-0.1, -0.05) is 18.2 Å². The second-order valence-electron chi connectivity index (χ2n) is 6.53. The standard InChI is InChI=1S/C18H23N3O/c1-12(15-11-22-18-9-4-3-6-13(15)18)20-16-7-5-8-17-14(16)10-19-21(17)2/h3-4,6,9-10,12,15-16,20H,5,7-8,11H2,1-2H3/t12-,15-,16+/m0/s1. The van der Waals surface area contributed by atoms with Gasteiger partial charge in [0.25, 0.3) is 0 Å². The molecule has 22 heavy (non-hydrogen) atoms. The van der Waals surface area contributed by atoms with E-state index >= 15 is 0 Å². The van der Waals surface area contributed by atoms with E-state index < -0.39 is 0 Å². The fraction of sp³-hybridized carbons (Fsp3) is 0.500. The van der Waals surface area contributed by atoms with Crippen LogP contribution in [0.2, 0.25) is 0 Å². The van der Waals surface area contributed by atoms with Crippen LogP contribution in [-0.2, 0) is 13.5 Å². The molecule has 0 amide bonds. The van der Waals surface area contributed by atoms with Gasteiger partial charge in [-0.2, -0.15) is 5.10 Å². The molecule has 0 fully saturated rings. The quantitative estimate of drug-likeness (QED) is 0.946. The molecule has 2 aliphatic rings. The molecule has 1 aromatic heterocycles. The first-order valence-electron chi connectivity index (χ1n) is 8.22. The van der Waals surface area contributed by atoms with Gasteiger partial charge in [-0.25, -0.2) is 0 Å². The van der Waals surface area contributed by atoms with Crippen LogP contribution in [0.4, 0.5) is 0 Å². The van der Waals surface area contributed by atoms with E-state index in [1.54, 1.807) is 0 Å². The highest BCUT2D eigenvalue weighted by Gasteiger charge is 2.31. The molecule has 116 valence electrons. The summed E-state index contributed by atoms with van der Waals surface area (Å²) in [5, 5.41) is 8.28. The Morgan fingerprint density at radius 3 is 3.09 bits per heavy atom. The Hall–Kier alpha value is -1.81. The molecule has 1 aliphatic carbocycles. The molecule has 0 saturated carbocycles. The van der Waals surface area contributed by atoms with Crippen molar-refractivity contribution in [2.75, 3.05) is 6.61 Å². The third kappa shape index (κ3) is 2.22. The average Bonchev–Trinajstić information content (AvgIpc) is 3.12. The second-order valence-corrected chi connectivity index (χ2v) is 6.53. The highest BCUT2D eigenvalue weighted by atomic mass is 16.5. The van der Waals surface area contributed by atoms with Gasteiger partial charge in [0.2, 0.25) is 0 Å². The monoisotopic (exact) mass is 297 g/mol. The van der Waals surface area contributed by atoms with E-state index in [1.807, 2.05) is 24.0 Å². The molecular weight excluding hydrogens is 274 g/mol. The highest BCUT2D eigenvalue weighted by Crippen LogP contribution is 2.37. The summed E-state index contributed by atoms with van der Waals surface area (Å²) < 4.78 is 7.87. The van der Waals surface area contributed by atoms with Crippen LogP contribution in [0.1, 0.15) is 48.5 Å². The number of fused-ring (bicyclic) bond motifs is 2. The predicted molar refractivity (Wildman–Crippen MR) is 86.2 cm³/mol. The third-order valence-corrected chi connectivity index (χ3v) is 5.18. The molecule has 1 aliphatic heterocycles. The van der Waals surface area contributed by atoms with Gasteiger partial charge in [-0.15, -0.1) is 0 Å². The van der Waals surface area contributed by atoms with Gasteiger partial charge in [0.15, 0.2) is 0 Å². The lowest BCUT2D eigenvalue weighted by Crippen LogP contribution is -2.37. The summed E-state index contributed by atoms with van der Waals surface area (Å²) in [5.74, 6) is 1.48. The summed E-state index contributed by atoms with van der Waals surface area (Å²) in [5.41, 5.74) is 4.11. The van der Waals surface area contributed by atoms with Crippen LogP contribution in [0, 0.1) is 0 Å². The summed E-state index contributed by atoms with van der Waals surface area (Å²) in [4.78, 5) is 0. The van der Waals surface area contributed by atoms with Gasteiger partial charge in [-0.05, 0) is 32.3 Å². The van der Waals surface area contributed by atoms with Crippen LogP contribution in [0.3, 0.4) is 0 Å². The maximum Gasteiger partial charge on any atom is 0.122 e. The number of nitrogens with one attached hydrogen (secondary N) is 1. The van der Waals surface area contributed by atoms with Crippen molar-refractivity contribution in [3.8, 4) is 5.75 Å². The Kier molecular flexibility index (Phi) is 3.41. The lowest BCUT2D eigenvalue weighted by Gasteiger charge is -2.29. The number of benzene rings is 1. The molecular formula is C18H23N3O. The van der Waals surface area contributed by atoms with Crippen molar-refractivity contribution in [1.82, 2.24) is 15.1 Å². The van der Waals surface area contributed by atoms with E-state index in [2.05, 4.69) is 35.5 Å². The minimum atomic E-state index is 0.389. The molecule has 0 bridgehead atoms. The summed E-state index contributed by atoms with van der Waals surface area (Å²) in [7, 11) is 2.05. The first kappa shape index (κ1) is 13.8. The zero-order valence-electron chi connectivity index (χ0n) is 13.2. The molecule has 0 spiro atoms.